The van der Waals surface area contributed by atoms with E-state index in [1.165, 1.54) is 32.4 Å². The molecule has 3 rings (SSSR count). The minimum absolute atomic E-state index is 0.0620. The maximum Gasteiger partial charge on any atom is 0.296 e. The van der Waals surface area contributed by atoms with Crippen LogP contribution in [0.2, 0.25) is 0 Å². The number of methoxy groups -OCH3 is 2. The van der Waals surface area contributed by atoms with Crippen LogP contribution >= 0.6 is 0 Å². The Morgan fingerprint density at radius 2 is 1.71 bits per heavy atom. The molecule has 24 heavy (non-hydrogen) atoms. The van der Waals surface area contributed by atoms with Gasteiger partial charge in [-0.15, -0.1) is 0 Å². The smallest absolute Gasteiger partial charge is 0.296 e. The zero-order chi connectivity index (χ0) is 17.3. The zero-order valence-corrected chi connectivity index (χ0v) is 13.0. The van der Waals surface area contributed by atoms with Gasteiger partial charge < -0.3 is 13.9 Å². The fourth-order valence-corrected chi connectivity index (χ4v) is 2.58. The van der Waals surface area contributed by atoms with E-state index >= 15 is 0 Å². The molecule has 0 saturated heterocycles. The zero-order valence-electron chi connectivity index (χ0n) is 13.0. The molecule has 0 N–H and O–H groups in total. The fourth-order valence-electron chi connectivity index (χ4n) is 2.58. The maximum absolute atomic E-state index is 13.5. The average molecular weight is 332 g/mol. The van der Waals surface area contributed by atoms with Gasteiger partial charge in [0.1, 0.15) is 22.5 Å². The van der Waals surface area contributed by atoms with Crippen LogP contribution < -0.4 is 14.9 Å². The van der Waals surface area contributed by atoms with Crippen LogP contribution in [-0.4, -0.2) is 14.2 Å². The Morgan fingerprint density at radius 1 is 1.00 bits per heavy atom. The van der Waals surface area contributed by atoms with Crippen molar-refractivity contribution in [1.82, 2.24) is 0 Å². The molecule has 0 bridgehead atoms. The summed E-state index contributed by atoms with van der Waals surface area (Å²) in [5.74, 6) is 0.169. The summed E-state index contributed by atoms with van der Waals surface area (Å²) < 4.78 is 42.5. The topological polar surface area (TPSA) is 48.7 Å². The van der Waals surface area contributed by atoms with Crippen molar-refractivity contribution in [3.05, 3.63) is 58.4 Å². The van der Waals surface area contributed by atoms with Crippen molar-refractivity contribution in [2.45, 2.75) is 6.43 Å². The molecule has 0 fully saturated rings. The van der Waals surface area contributed by atoms with E-state index < -0.39 is 17.6 Å². The molecule has 0 radical (unpaired) electrons. The molecule has 0 aliphatic rings. The molecule has 3 aromatic rings. The minimum Gasteiger partial charge on any atom is -0.497 e. The molecule has 6 heteroatoms. The number of benzene rings is 2. The second-order valence-electron chi connectivity index (χ2n) is 5.03. The van der Waals surface area contributed by atoms with Gasteiger partial charge in [0, 0.05) is 0 Å². The van der Waals surface area contributed by atoms with Crippen molar-refractivity contribution < 1.29 is 22.7 Å². The standard InChI is InChI=1S/C18H14F2O4/c1-22-11-8-6-10(7-9-11)14-16(21)15-12(23-2)4-3-5-13(15)24-17(14)18(19)20/h3-9,18H,1-2H3. The summed E-state index contributed by atoms with van der Waals surface area (Å²) in [6, 6.07) is 10.9. The Bertz CT molecular complexity index is 930. The first-order valence-electron chi connectivity index (χ1n) is 7.13. The van der Waals surface area contributed by atoms with Crippen LogP contribution in [0.15, 0.2) is 51.7 Å². The Kier molecular flexibility index (Phi) is 4.20. The third-order valence-corrected chi connectivity index (χ3v) is 3.71. The summed E-state index contributed by atoms with van der Waals surface area (Å²) in [6.07, 6.45) is -2.93. The molecule has 1 aromatic heterocycles. The Hall–Kier alpha value is -2.89. The van der Waals surface area contributed by atoms with Crippen molar-refractivity contribution in [2.24, 2.45) is 0 Å². The Labute approximate surface area is 136 Å². The van der Waals surface area contributed by atoms with Gasteiger partial charge in [0.05, 0.1) is 19.8 Å². The second kappa shape index (κ2) is 6.31. The number of alkyl halides is 2. The molecule has 0 saturated carbocycles. The highest BCUT2D eigenvalue weighted by atomic mass is 19.3. The number of hydrogen-bond acceptors (Lipinski definition) is 4. The first-order valence-corrected chi connectivity index (χ1v) is 7.13. The Morgan fingerprint density at radius 3 is 2.29 bits per heavy atom. The molecule has 4 nitrogen and oxygen atoms in total. The van der Waals surface area contributed by atoms with Crippen molar-refractivity contribution in [3.8, 4) is 22.6 Å². The molecule has 2 aromatic carbocycles. The summed E-state index contributed by atoms with van der Waals surface area (Å²) in [4.78, 5) is 12.9. The van der Waals surface area contributed by atoms with Gasteiger partial charge in [-0.05, 0) is 29.8 Å². The lowest BCUT2D eigenvalue weighted by molar-refractivity contribution is 0.123. The Balaban J connectivity index is 2.37. The van der Waals surface area contributed by atoms with E-state index in [2.05, 4.69) is 0 Å². The third-order valence-electron chi connectivity index (χ3n) is 3.71. The lowest BCUT2D eigenvalue weighted by Gasteiger charge is -2.11. The van der Waals surface area contributed by atoms with Crippen molar-refractivity contribution in [2.75, 3.05) is 14.2 Å². The highest BCUT2D eigenvalue weighted by Crippen LogP contribution is 2.34. The number of rotatable bonds is 4. The van der Waals surface area contributed by atoms with E-state index in [0.717, 1.165) is 0 Å². The van der Waals surface area contributed by atoms with Crippen molar-refractivity contribution in [1.29, 1.82) is 0 Å². The van der Waals surface area contributed by atoms with Gasteiger partial charge in [-0.1, -0.05) is 18.2 Å². The van der Waals surface area contributed by atoms with Gasteiger partial charge in [-0.25, -0.2) is 8.78 Å². The van der Waals surface area contributed by atoms with Crippen LogP contribution in [0.4, 0.5) is 8.78 Å². The normalized spacial score (nSPS) is 11.0. The van der Waals surface area contributed by atoms with Crippen LogP contribution in [0.1, 0.15) is 12.2 Å². The molecule has 0 spiro atoms. The molecular weight excluding hydrogens is 318 g/mol. The molecule has 124 valence electrons. The molecule has 0 aliphatic heterocycles. The molecule has 0 aliphatic carbocycles. The van der Waals surface area contributed by atoms with Crippen LogP contribution in [0.5, 0.6) is 11.5 Å². The molecule has 0 unspecified atom stereocenters. The summed E-state index contributed by atoms with van der Waals surface area (Å²) in [5, 5.41) is 0.134. The maximum atomic E-state index is 13.5. The minimum atomic E-state index is -2.93. The SMILES string of the molecule is COc1ccc(-c2c(C(F)F)oc3cccc(OC)c3c2=O)cc1. The average Bonchev–Trinajstić information content (AvgIpc) is 2.61. The van der Waals surface area contributed by atoms with E-state index in [1.54, 1.807) is 24.3 Å². The predicted octanol–water partition coefficient (Wildman–Crippen LogP) is 4.41. The van der Waals surface area contributed by atoms with Crippen LogP contribution in [0.25, 0.3) is 22.1 Å². The first-order chi connectivity index (χ1) is 11.6. The molecule has 1 heterocycles. The van der Waals surface area contributed by atoms with Gasteiger partial charge in [-0.2, -0.15) is 0 Å². The van der Waals surface area contributed by atoms with Gasteiger partial charge in [-0.3, -0.25) is 4.79 Å². The number of halogens is 2. The van der Waals surface area contributed by atoms with E-state index in [-0.39, 0.29) is 22.3 Å². The van der Waals surface area contributed by atoms with Crippen molar-refractivity contribution in [3.63, 3.8) is 0 Å². The molecule has 0 amide bonds. The summed E-state index contributed by atoms with van der Waals surface area (Å²) in [6.45, 7) is 0. The number of hydrogen-bond donors (Lipinski definition) is 0. The summed E-state index contributed by atoms with van der Waals surface area (Å²) in [5.41, 5.74) is -0.349. The van der Waals surface area contributed by atoms with Crippen LogP contribution in [0.3, 0.4) is 0 Å². The highest BCUT2D eigenvalue weighted by molar-refractivity contribution is 5.88. The van der Waals surface area contributed by atoms with Crippen LogP contribution in [0, 0.1) is 0 Å². The van der Waals surface area contributed by atoms with Crippen LogP contribution in [-0.2, 0) is 0 Å². The van der Waals surface area contributed by atoms with Gasteiger partial charge in [0.25, 0.3) is 6.43 Å². The van der Waals surface area contributed by atoms with Crippen molar-refractivity contribution >= 4 is 11.0 Å². The third kappa shape index (κ3) is 2.60. The van der Waals surface area contributed by atoms with Gasteiger partial charge in [0.15, 0.2) is 5.76 Å². The van der Waals surface area contributed by atoms with Gasteiger partial charge >= 0.3 is 0 Å². The van der Waals surface area contributed by atoms with E-state index in [1.807, 2.05) is 0 Å². The van der Waals surface area contributed by atoms with E-state index in [9.17, 15) is 13.6 Å². The monoisotopic (exact) mass is 332 g/mol. The fraction of sp³-hybridized carbons (Fsp3) is 0.167. The number of ether oxygens (including phenoxy) is 2. The highest BCUT2D eigenvalue weighted by Gasteiger charge is 2.24. The van der Waals surface area contributed by atoms with E-state index in [0.29, 0.717) is 11.3 Å². The summed E-state index contributed by atoms with van der Waals surface area (Å²) in [7, 11) is 2.90. The van der Waals surface area contributed by atoms with Gasteiger partial charge in [0.2, 0.25) is 5.43 Å². The number of fused-ring (bicyclic) bond motifs is 1. The predicted molar refractivity (Wildman–Crippen MR) is 86.0 cm³/mol. The second-order valence-corrected chi connectivity index (χ2v) is 5.03. The van der Waals surface area contributed by atoms with E-state index in [4.69, 9.17) is 13.9 Å². The lowest BCUT2D eigenvalue weighted by Crippen LogP contribution is -2.10. The quantitative estimate of drug-likeness (QED) is 0.710. The largest absolute Gasteiger partial charge is 0.497 e. The molecular formula is C18H14F2O4. The summed E-state index contributed by atoms with van der Waals surface area (Å²) >= 11 is 0. The lowest BCUT2D eigenvalue weighted by atomic mass is 10.0. The first kappa shape index (κ1) is 16.0. The molecule has 0 atom stereocenters.